The van der Waals surface area contributed by atoms with E-state index < -0.39 is 5.97 Å². The Bertz CT molecular complexity index is 1260. The molecule has 0 atom stereocenters. The van der Waals surface area contributed by atoms with E-state index in [-0.39, 0.29) is 6.61 Å². The van der Waals surface area contributed by atoms with Gasteiger partial charge in [0.15, 0.2) is 0 Å². The first-order valence-electron chi connectivity index (χ1n) is 10.1. The molecular weight excluding hydrogens is 442 g/mol. The van der Waals surface area contributed by atoms with Crippen molar-refractivity contribution in [2.75, 3.05) is 7.11 Å². The number of carbonyl (C=O) groups is 1. The summed E-state index contributed by atoms with van der Waals surface area (Å²) in [4.78, 5) is 17.6. The van der Waals surface area contributed by atoms with E-state index in [2.05, 4.69) is 31.2 Å². The molecule has 0 saturated heterocycles. The molecule has 4 nitrogen and oxygen atoms in total. The second kappa shape index (κ2) is 10.1. The lowest BCUT2D eigenvalue weighted by molar-refractivity contribution is 0.0590. The molecule has 0 N–H and O–H groups in total. The van der Waals surface area contributed by atoms with Crippen molar-refractivity contribution in [1.82, 2.24) is 4.98 Å². The summed E-state index contributed by atoms with van der Waals surface area (Å²) in [5, 5.41) is 1.93. The van der Waals surface area contributed by atoms with Crippen LogP contribution in [-0.4, -0.2) is 18.1 Å². The zero-order chi connectivity index (χ0) is 22.5. The summed E-state index contributed by atoms with van der Waals surface area (Å²) in [6, 6.07) is 23.4. The molecule has 162 valence electrons. The van der Waals surface area contributed by atoms with Gasteiger partial charge >= 0.3 is 5.97 Å². The van der Waals surface area contributed by atoms with E-state index in [0.717, 1.165) is 22.0 Å². The van der Waals surface area contributed by atoms with Crippen molar-refractivity contribution in [1.29, 1.82) is 0 Å². The molecule has 32 heavy (non-hydrogen) atoms. The monoisotopic (exact) mass is 463 g/mol. The third-order valence-corrected chi connectivity index (χ3v) is 6.44. The molecule has 0 radical (unpaired) electrons. The maximum Gasteiger partial charge on any atom is 0.344 e. The van der Waals surface area contributed by atoms with Gasteiger partial charge in [-0.2, -0.15) is 0 Å². The third kappa shape index (κ3) is 4.90. The molecule has 0 fully saturated rings. The lowest BCUT2D eigenvalue weighted by atomic mass is 10.1. The van der Waals surface area contributed by atoms with Crippen LogP contribution in [0.2, 0.25) is 5.02 Å². The molecule has 4 rings (SSSR count). The van der Waals surface area contributed by atoms with E-state index >= 15 is 0 Å². The van der Waals surface area contributed by atoms with Crippen LogP contribution in [0.1, 0.15) is 27.0 Å². The number of pyridine rings is 1. The quantitative estimate of drug-likeness (QED) is 0.221. The number of aryl methyl sites for hydroxylation is 1. The normalized spacial score (nSPS) is 10.8. The summed E-state index contributed by atoms with van der Waals surface area (Å²) >= 11 is 7.80. The number of esters is 1. The van der Waals surface area contributed by atoms with Crippen molar-refractivity contribution in [3.05, 3.63) is 100 Å². The minimum atomic E-state index is -0.483. The average Bonchev–Trinajstić information content (AvgIpc) is 2.82. The Morgan fingerprint density at radius 2 is 1.72 bits per heavy atom. The van der Waals surface area contributed by atoms with Gasteiger partial charge in [-0.1, -0.05) is 71.8 Å². The van der Waals surface area contributed by atoms with Gasteiger partial charge in [0, 0.05) is 21.7 Å². The van der Waals surface area contributed by atoms with E-state index in [1.165, 1.54) is 24.4 Å². The number of rotatable bonds is 7. The summed E-state index contributed by atoms with van der Waals surface area (Å²) < 4.78 is 11.3. The molecule has 0 aliphatic carbocycles. The number of hydrogen-bond donors (Lipinski definition) is 0. The van der Waals surface area contributed by atoms with Gasteiger partial charge in [0.05, 0.1) is 12.6 Å². The van der Waals surface area contributed by atoms with Crippen molar-refractivity contribution in [3.8, 4) is 5.75 Å². The zero-order valence-electron chi connectivity index (χ0n) is 17.8. The third-order valence-electron chi connectivity index (χ3n) is 5.03. The fraction of sp³-hybridized carbons (Fsp3) is 0.154. The number of nitrogens with zero attached hydrogens (tertiary/aromatic N) is 1. The number of halogens is 1. The first kappa shape index (κ1) is 22.2. The standard InChI is InChI=1S/C26H22ClNO3S/c1-17-11-13-18(14-12-17)16-32-25-23(26(29)30-2)24(20-8-4-6-10-22(20)28-25)31-15-19-7-3-5-9-21(19)27/h3-14H,15-16H2,1-2H3. The van der Waals surface area contributed by atoms with Crippen molar-refractivity contribution < 1.29 is 14.3 Å². The van der Waals surface area contributed by atoms with Crippen molar-refractivity contribution in [3.63, 3.8) is 0 Å². The first-order chi connectivity index (χ1) is 15.6. The van der Waals surface area contributed by atoms with Crippen LogP contribution >= 0.6 is 23.4 Å². The SMILES string of the molecule is COC(=O)c1c(SCc2ccc(C)cc2)nc2ccccc2c1OCc1ccccc1Cl. The summed E-state index contributed by atoms with van der Waals surface area (Å²) in [6.07, 6.45) is 0. The molecule has 3 aromatic carbocycles. The topological polar surface area (TPSA) is 48.4 Å². The number of fused-ring (bicyclic) bond motifs is 1. The van der Waals surface area contributed by atoms with Gasteiger partial charge < -0.3 is 9.47 Å². The fourth-order valence-corrected chi connectivity index (χ4v) is 4.47. The van der Waals surface area contributed by atoms with Gasteiger partial charge in [-0.05, 0) is 30.7 Å². The molecular formula is C26H22ClNO3S. The molecule has 4 aromatic rings. The van der Waals surface area contributed by atoms with Gasteiger partial charge in [0.25, 0.3) is 0 Å². The number of methoxy groups -OCH3 is 1. The largest absolute Gasteiger partial charge is 0.487 e. The summed E-state index contributed by atoms with van der Waals surface area (Å²) in [5.41, 5.74) is 4.26. The Kier molecular flexibility index (Phi) is 6.98. The van der Waals surface area contributed by atoms with Crippen molar-refractivity contribution in [2.24, 2.45) is 0 Å². The van der Waals surface area contributed by atoms with Crippen LogP contribution in [0.5, 0.6) is 5.75 Å². The number of aromatic nitrogens is 1. The predicted molar refractivity (Wildman–Crippen MR) is 130 cm³/mol. The summed E-state index contributed by atoms with van der Waals surface area (Å²) in [7, 11) is 1.36. The molecule has 0 bridgehead atoms. The number of para-hydroxylation sites is 1. The maximum atomic E-state index is 12.9. The summed E-state index contributed by atoms with van der Waals surface area (Å²) in [6.45, 7) is 2.28. The van der Waals surface area contributed by atoms with Gasteiger partial charge in [0.1, 0.15) is 22.9 Å². The molecule has 0 aliphatic rings. The molecule has 0 spiro atoms. The molecule has 1 aromatic heterocycles. The van der Waals surface area contributed by atoms with Crippen LogP contribution in [0.15, 0.2) is 77.8 Å². The number of thioether (sulfide) groups is 1. The Balaban J connectivity index is 1.76. The van der Waals surface area contributed by atoms with E-state index in [0.29, 0.717) is 27.1 Å². The van der Waals surface area contributed by atoms with Crippen LogP contribution in [-0.2, 0) is 17.1 Å². The molecule has 0 aliphatic heterocycles. The van der Waals surface area contributed by atoms with Gasteiger partial charge in [-0.15, -0.1) is 11.8 Å². The van der Waals surface area contributed by atoms with E-state index in [1.54, 1.807) is 0 Å². The van der Waals surface area contributed by atoms with Crippen LogP contribution in [0.3, 0.4) is 0 Å². The average molecular weight is 464 g/mol. The summed E-state index contributed by atoms with van der Waals surface area (Å²) in [5.74, 6) is 0.636. The highest BCUT2D eigenvalue weighted by Gasteiger charge is 2.24. The Labute approximate surface area is 196 Å². The molecule has 1 heterocycles. The predicted octanol–water partition coefficient (Wildman–Crippen LogP) is 6.85. The minimum Gasteiger partial charge on any atom is -0.487 e. The number of ether oxygens (including phenoxy) is 2. The number of hydrogen-bond acceptors (Lipinski definition) is 5. The maximum absolute atomic E-state index is 12.9. The Hall–Kier alpha value is -3.02. The molecule has 0 saturated carbocycles. The highest BCUT2D eigenvalue weighted by atomic mass is 35.5. The second-order valence-corrected chi connectivity index (χ2v) is 8.66. The van der Waals surface area contributed by atoms with Crippen LogP contribution < -0.4 is 4.74 Å². The highest BCUT2D eigenvalue weighted by molar-refractivity contribution is 7.98. The first-order valence-corrected chi connectivity index (χ1v) is 11.5. The van der Waals surface area contributed by atoms with Gasteiger partial charge in [-0.25, -0.2) is 9.78 Å². The molecule has 0 amide bonds. The zero-order valence-corrected chi connectivity index (χ0v) is 19.4. The Morgan fingerprint density at radius 3 is 2.47 bits per heavy atom. The van der Waals surface area contributed by atoms with Crippen LogP contribution in [0.25, 0.3) is 10.9 Å². The molecule has 0 unspecified atom stereocenters. The second-order valence-electron chi connectivity index (χ2n) is 7.28. The van der Waals surface area contributed by atoms with Crippen molar-refractivity contribution in [2.45, 2.75) is 24.3 Å². The van der Waals surface area contributed by atoms with E-state index in [9.17, 15) is 4.79 Å². The minimum absolute atomic E-state index is 0.222. The smallest absolute Gasteiger partial charge is 0.344 e. The van der Waals surface area contributed by atoms with Gasteiger partial charge in [0.2, 0.25) is 0 Å². The Morgan fingerprint density at radius 1 is 1.00 bits per heavy atom. The molecule has 6 heteroatoms. The van der Waals surface area contributed by atoms with Gasteiger partial charge in [-0.3, -0.25) is 0 Å². The number of benzene rings is 3. The fourth-order valence-electron chi connectivity index (χ4n) is 3.30. The van der Waals surface area contributed by atoms with Crippen LogP contribution in [0.4, 0.5) is 0 Å². The number of carbonyl (C=O) groups excluding carboxylic acids is 1. The van der Waals surface area contributed by atoms with Crippen molar-refractivity contribution >= 4 is 40.2 Å². The van der Waals surface area contributed by atoms with E-state index in [1.807, 2.05) is 48.5 Å². The highest BCUT2D eigenvalue weighted by Crippen LogP contribution is 2.37. The lowest BCUT2D eigenvalue weighted by Gasteiger charge is -2.17. The van der Waals surface area contributed by atoms with E-state index in [4.69, 9.17) is 26.1 Å². The van der Waals surface area contributed by atoms with Crippen LogP contribution in [0, 0.1) is 6.92 Å². The lowest BCUT2D eigenvalue weighted by Crippen LogP contribution is -2.10.